The maximum Gasteiger partial charge on any atom is 0.169 e. The van der Waals surface area contributed by atoms with Gasteiger partial charge in [-0.15, -0.1) is 11.6 Å². The maximum atomic E-state index is 5.93. The summed E-state index contributed by atoms with van der Waals surface area (Å²) in [5, 5.41) is 0.189. The topological polar surface area (TPSA) is 13.1 Å². The van der Waals surface area contributed by atoms with Gasteiger partial charge in [0.1, 0.15) is 5.76 Å². The summed E-state index contributed by atoms with van der Waals surface area (Å²) in [7, 11) is 0. The van der Waals surface area contributed by atoms with E-state index in [1.54, 1.807) is 0 Å². The van der Waals surface area contributed by atoms with Crippen LogP contribution in [0.1, 0.15) is 19.6 Å². The van der Waals surface area contributed by atoms with E-state index in [1.165, 1.54) is 0 Å². The Labute approximate surface area is 86.2 Å². The maximum absolute atomic E-state index is 5.93. The van der Waals surface area contributed by atoms with Crippen LogP contribution in [0.2, 0.25) is 0 Å². The van der Waals surface area contributed by atoms with Crippen LogP contribution in [-0.2, 0) is 6.42 Å². The number of hydrogen-bond acceptors (Lipinski definition) is 1. The third-order valence-electron chi connectivity index (χ3n) is 1.94. The quantitative estimate of drug-likeness (QED) is 0.744. The Hall–Kier alpha value is 0.0500. The fraction of sp³-hybridized carbons (Fsp3) is 0.556. The van der Waals surface area contributed by atoms with E-state index in [2.05, 4.69) is 22.9 Å². The molecule has 0 aliphatic rings. The summed E-state index contributed by atoms with van der Waals surface area (Å²) >= 11 is 9.19. The largest absolute Gasteiger partial charge is 0.454 e. The lowest BCUT2D eigenvalue weighted by Gasteiger charge is -2.10. The Morgan fingerprint density at radius 1 is 1.50 bits per heavy atom. The van der Waals surface area contributed by atoms with E-state index in [0.717, 1.165) is 16.9 Å². The summed E-state index contributed by atoms with van der Waals surface area (Å²) in [5.41, 5.74) is 0. The van der Waals surface area contributed by atoms with Crippen molar-refractivity contribution in [2.45, 2.75) is 25.6 Å². The second kappa shape index (κ2) is 4.33. The smallest absolute Gasteiger partial charge is 0.169 e. The fourth-order valence-corrected chi connectivity index (χ4v) is 1.37. The van der Waals surface area contributed by atoms with Gasteiger partial charge in [-0.1, -0.05) is 6.92 Å². The first-order chi connectivity index (χ1) is 5.59. The molecule has 68 valence electrons. The molecule has 0 saturated carbocycles. The van der Waals surface area contributed by atoms with Crippen LogP contribution in [0.15, 0.2) is 21.2 Å². The third-order valence-corrected chi connectivity index (χ3v) is 2.79. The summed E-state index contributed by atoms with van der Waals surface area (Å²) in [6, 6.07) is 3.88. The number of rotatable bonds is 3. The Morgan fingerprint density at radius 3 is 2.58 bits per heavy atom. The van der Waals surface area contributed by atoms with Crippen molar-refractivity contribution in [1.29, 1.82) is 0 Å². The highest BCUT2D eigenvalue weighted by molar-refractivity contribution is 9.10. The van der Waals surface area contributed by atoms with E-state index < -0.39 is 0 Å². The molecule has 0 saturated heterocycles. The molecule has 0 aromatic carbocycles. The minimum atomic E-state index is 0.189. The van der Waals surface area contributed by atoms with Gasteiger partial charge >= 0.3 is 0 Å². The van der Waals surface area contributed by atoms with Gasteiger partial charge < -0.3 is 4.42 Å². The monoisotopic (exact) mass is 250 g/mol. The first-order valence-electron chi connectivity index (χ1n) is 3.98. The molecular formula is C9H12BrClO. The second-order valence-electron chi connectivity index (χ2n) is 3.06. The van der Waals surface area contributed by atoms with Crippen LogP contribution < -0.4 is 0 Å². The lowest BCUT2D eigenvalue weighted by atomic mass is 10.0. The zero-order valence-corrected chi connectivity index (χ0v) is 9.52. The molecule has 0 radical (unpaired) electrons. The molecule has 1 rings (SSSR count). The van der Waals surface area contributed by atoms with Crippen LogP contribution in [0.25, 0.3) is 0 Å². The zero-order valence-electron chi connectivity index (χ0n) is 7.18. The van der Waals surface area contributed by atoms with Crippen molar-refractivity contribution in [3.63, 3.8) is 0 Å². The molecule has 0 N–H and O–H groups in total. The molecule has 0 amide bonds. The molecule has 12 heavy (non-hydrogen) atoms. The average molecular weight is 252 g/mol. The molecule has 2 atom stereocenters. The van der Waals surface area contributed by atoms with E-state index in [4.69, 9.17) is 16.0 Å². The fourth-order valence-electron chi connectivity index (χ4n) is 0.941. The minimum Gasteiger partial charge on any atom is -0.454 e. The highest BCUT2D eigenvalue weighted by atomic mass is 79.9. The van der Waals surface area contributed by atoms with Crippen LogP contribution >= 0.6 is 27.5 Å². The molecular weight excluding hydrogens is 239 g/mol. The highest BCUT2D eigenvalue weighted by Gasteiger charge is 2.11. The average Bonchev–Trinajstić information content (AvgIpc) is 2.35. The van der Waals surface area contributed by atoms with Gasteiger partial charge in [0.2, 0.25) is 0 Å². The minimum absolute atomic E-state index is 0.189. The van der Waals surface area contributed by atoms with Gasteiger partial charge in [-0.2, -0.15) is 0 Å². The Kier molecular flexibility index (Phi) is 3.66. The van der Waals surface area contributed by atoms with Crippen LogP contribution in [0.4, 0.5) is 0 Å². The first-order valence-corrected chi connectivity index (χ1v) is 5.21. The van der Waals surface area contributed by atoms with Gasteiger partial charge in [0, 0.05) is 11.8 Å². The zero-order chi connectivity index (χ0) is 9.14. The van der Waals surface area contributed by atoms with E-state index in [0.29, 0.717) is 5.92 Å². The second-order valence-corrected chi connectivity index (χ2v) is 4.53. The molecule has 0 aliphatic heterocycles. The predicted octanol–water partition coefficient (Wildman–Crippen LogP) is 3.85. The molecule has 0 spiro atoms. The normalized spacial score (nSPS) is 16.0. The number of furan rings is 1. The van der Waals surface area contributed by atoms with Gasteiger partial charge in [-0.05, 0) is 40.9 Å². The van der Waals surface area contributed by atoms with Crippen molar-refractivity contribution in [3.05, 3.63) is 22.6 Å². The van der Waals surface area contributed by atoms with E-state index in [1.807, 2.05) is 19.1 Å². The van der Waals surface area contributed by atoms with Gasteiger partial charge in [0.05, 0.1) is 0 Å². The van der Waals surface area contributed by atoms with Crippen molar-refractivity contribution < 1.29 is 4.42 Å². The Balaban J connectivity index is 2.52. The van der Waals surface area contributed by atoms with Crippen LogP contribution in [-0.4, -0.2) is 5.38 Å². The molecule has 1 heterocycles. The standard InChI is InChI=1S/C9H12BrClO/c1-6(7(2)11)5-8-3-4-9(10)12-8/h3-4,6-7H,5H2,1-2H3. The number of hydrogen-bond donors (Lipinski definition) is 0. The van der Waals surface area contributed by atoms with E-state index in [-0.39, 0.29) is 5.38 Å². The van der Waals surface area contributed by atoms with Gasteiger partial charge in [0.25, 0.3) is 0 Å². The molecule has 0 aliphatic carbocycles. The Morgan fingerprint density at radius 2 is 2.17 bits per heavy atom. The number of alkyl halides is 1. The van der Waals surface area contributed by atoms with E-state index in [9.17, 15) is 0 Å². The number of halogens is 2. The van der Waals surface area contributed by atoms with Gasteiger partial charge in [-0.25, -0.2) is 0 Å². The molecule has 1 aromatic heterocycles. The summed E-state index contributed by atoms with van der Waals surface area (Å²) in [6.45, 7) is 4.12. The van der Waals surface area contributed by atoms with Crippen molar-refractivity contribution in [2.24, 2.45) is 5.92 Å². The molecule has 1 nitrogen and oxygen atoms in total. The van der Waals surface area contributed by atoms with Crippen molar-refractivity contribution in [1.82, 2.24) is 0 Å². The molecule has 3 heteroatoms. The van der Waals surface area contributed by atoms with Gasteiger partial charge in [0.15, 0.2) is 4.67 Å². The molecule has 2 unspecified atom stereocenters. The summed E-state index contributed by atoms with van der Waals surface area (Å²) in [4.78, 5) is 0. The van der Waals surface area contributed by atoms with Crippen molar-refractivity contribution in [2.75, 3.05) is 0 Å². The lowest BCUT2D eigenvalue weighted by Crippen LogP contribution is -2.09. The molecule has 0 fully saturated rings. The molecule has 1 aromatic rings. The highest BCUT2D eigenvalue weighted by Crippen LogP contribution is 2.20. The van der Waals surface area contributed by atoms with Gasteiger partial charge in [-0.3, -0.25) is 0 Å². The van der Waals surface area contributed by atoms with Crippen LogP contribution in [0, 0.1) is 5.92 Å². The van der Waals surface area contributed by atoms with Crippen LogP contribution in [0.3, 0.4) is 0 Å². The first kappa shape index (κ1) is 10.1. The predicted molar refractivity (Wildman–Crippen MR) is 54.6 cm³/mol. The molecule has 0 bridgehead atoms. The third kappa shape index (κ3) is 2.83. The van der Waals surface area contributed by atoms with E-state index >= 15 is 0 Å². The lowest BCUT2D eigenvalue weighted by molar-refractivity contribution is 0.440. The Bertz CT molecular complexity index is 244. The van der Waals surface area contributed by atoms with Crippen molar-refractivity contribution >= 4 is 27.5 Å². The summed E-state index contributed by atoms with van der Waals surface area (Å²) < 4.78 is 6.15. The summed E-state index contributed by atoms with van der Waals surface area (Å²) in [5.74, 6) is 1.44. The van der Waals surface area contributed by atoms with Crippen molar-refractivity contribution in [3.8, 4) is 0 Å². The summed E-state index contributed by atoms with van der Waals surface area (Å²) in [6.07, 6.45) is 0.899. The SMILES string of the molecule is CC(Cl)C(C)Cc1ccc(Br)o1. The van der Waals surface area contributed by atoms with Crippen LogP contribution in [0.5, 0.6) is 0 Å².